The maximum atomic E-state index is 12.2. The van der Waals surface area contributed by atoms with E-state index in [4.69, 9.17) is 4.74 Å². The van der Waals surface area contributed by atoms with Crippen LogP contribution in [0.15, 0.2) is 12.2 Å². The van der Waals surface area contributed by atoms with Crippen LogP contribution in [0.1, 0.15) is 52.9 Å². The highest BCUT2D eigenvalue weighted by Gasteiger charge is 2.73. The monoisotopic (exact) mass is 388 g/mol. The summed E-state index contributed by atoms with van der Waals surface area (Å²) in [6.07, 6.45) is 6.07. The van der Waals surface area contributed by atoms with E-state index in [1.807, 2.05) is 6.92 Å². The number of rotatable bonds is 5. The van der Waals surface area contributed by atoms with E-state index in [9.17, 15) is 4.79 Å². The zero-order valence-corrected chi connectivity index (χ0v) is 15.0. The quantitative estimate of drug-likeness (QED) is 0.300. The Morgan fingerprint density at radius 1 is 1.45 bits per heavy atom. The molecule has 0 aliphatic heterocycles. The predicted octanol–water partition coefficient (Wildman–Crippen LogP) is 4.52. The first-order valence-electron chi connectivity index (χ1n) is 7.77. The molecule has 1 spiro atoms. The average molecular weight is 388 g/mol. The van der Waals surface area contributed by atoms with Crippen molar-refractivity contribution in [3.8, 4) is 0 Å². The first-order chi connectivity index (χ1) is 9.30. The van der Waals surface area contributed by atoms with Gasteiger partial charge in [0.25, 0.3) is 0 Å². The van der Waals surface area contributed by atoms with E-state index in [1.165, 1.54) is 25.7 Å². The molecule has 3 aliphatic carbocycles. The third kappa shape index (κ3) is 1.84. The summed E-state index contributed by atoms with van der Waals surface area (Å²) >= 11 is 2.39. The van der Waals surface area contributed by atoms with Crippen molar-refractivity contribution in [2.45, 2.75) is 58.5 Å². The standard InChI is InChI=1S/C17H25IO2/c1-5-11(2)14(19)20-16(4,10-18)15(3)9-17-7-12(15)6-13(17)8-17/h12-13H,2,5-10H2,1,3-4H3/t12?,13-,15-,16?,17?/m1/s1. The highest BCUT2D eigenvalue weighted by molar-refractivity contribution is 14.1. The average Bonchev–Trinajstić information content (AvgIpc) is 2.86. The highest BCUT2D eigenvalue weighted by atomic mass is 127. The fourth-order valence-corrected chi connectivity index (χ4v) is 5.95. The molecule has 3 rings (SSSR count). The number of carbonyl (C=O) groups excluding carboxylic acids is 1. The van der Waals surface area contributed by atoms with Crippen molar-refractivity contribution >= 4 is 28.6 Å². The summed E-state index contributed by atoms with van der Waals surface area (Å²) in [5.74, 6) is 1.53. The number of ether oxygens (including phenoxy) is 1. The molecule has 0 radical (unpaired) electrons. The Balaban J connectivity index is 1.82. The van der Waals surface area contributed by atoms with Crippen molar-refractivity contribution < 1.29 is 9.53 Å². The second-order valence-corrected chi connectivity index (χ2v) is 8.47. The summed E-state index contributed by atoms with van der Waals surface area (Å²) in [7, 11) is 0. The van der Waals surface area contributed by atoms with Crippen LogP contribution in [-0.4, -0.2) is 16.0 Å². The molecule has 3 heteroatoms. The van der Waals surface area contributed by atoms with Crippen LogP contribution >= 0.6 is 22.6 Å². The number of fused-ring (bicyclic) bond motifs is 1. The van der Waals surface area contributed by atoms with Gasteiger partial charge in [0.05, 0.1) is 0 Å². The molecule has 3 unspecified atom stereocenters. The van der Waals surface area contributed by atoms with Crippen molar-refractivity contribution in [3.05, 3.63) is 12.2 Å². The van der Waals surface area contributed by atoms with Gasteiger partial charge in [-0.2, -0.15) is 0 Å². The van der Waals surface area contributed by atoms with Crippen LogP contribution in [-0.2, 0) is 9.53 Å². The van der Waals surface area contributed by atoms with Gasteiger partial charge >= 0.3 is 5.97 Å². The molecule has 0 heterocycles. The van der Waals surface area contributed by atoms with Crippen molar-refractivity contribution in [1.29, 1.82) is 0 Å². The van der Waals surface area contributed by atoms with Crippen LogP contribution in [0.5, 0.6) is 0 Å². The molecule has 2 nitrogen and oxygen atoms in total. The Morgan fingerprint density at radius 3 is 2.55 bits per heavy atom. The summed E-state index contributed by atoms with van der Waals surface area (Å²) < 4.78 is 6.86. The van der Waals surface area contributed by atoms with Crippen molar-refractivity contribution in [2.75, 3.05) is 4.43 Å². The van der Waals surface area contributed by atoms with Gasteiger partial charge in [-0.25, -0.2) is 4.79 Å². The smallest absolute Gasteiger partial charge is 0.333 e. The van der Waals surface area contributed by atoms with E-state index in [2.05, 4.69) is 43.0 Å². The molecule has 2 bridgehead atoms. The fourth-order valence-electron chi connectivity index (χ4n) is 4.92. The minimum absolute atomic E-state index is 0.144. The predicted molar refractivity (Wildman–Crippen MR) is 88.8 cm³/mol. The molecule has 3 saturated carbocycles. The van der Waals surface area contributed by atoms with E-state index in [0.717, 1.165) is 16.3 Å². The van der Waals surface area contributed by atoms with Crippen molar-refractivity contribution in [1.82, 2.24) is 0 Å². The molecule has 5 atom stereocenters. The lowest BCUT2D eigenvalue weighted by Crippen LogP contribution is -2.52. The number of hydrogen-bond acceptors (Lipinski definition) is 2. The lowest BCUT2D eigenvalue weighted by molar-refractivity contribution is -0.168. The number of esters is 1. The Labute approximate surface area is 135 Å². The summed E-state index contributed by atoms with van der Waals surface area (Å²) in [6, 6.07) is 0. The molecule has 0 amide bonds. The Kier molecular flexibility index (Phi) is 3.32. The highest BCUT2D eigenvalue weighted by Crippen LogP contribution is 2.79. The van der Waals surface area contributed by atoms with Gasteiger partial charge < -0.3 is 4.74 Å². The van der Waals surface area contributed by atoms with Crippen LogP contribution in [0.4, 0.5) is 0 Å². The third-order valence-electron chi connectivity index (χ3n) is 6.70. The molecule has 20 heavy (non-hydrogen) atoms. The van der Waals surface area contributed by atoms with Gasteiger partial charge in [-0.05, 0) is 56.3 Å². The van der Waals surface area contributed by atoms with Crippen LogP contribution in [0.25, 0.3) is 0 Å². The Bertz CT molecular complexity index is 474. The lowest BCUT2D eigenvalue weighted by atomic mass is 9.65. The zero-order chi connectivity index (χ0) is 14.8. The molecular formula is C17H25IO2. The largest absolute Gasteiger partial charge is 0.455 e. The van der Waals surface area contributed by atoms with Gasteiger partial charge in [0.1, 0.15) is 5.60 Å². The summed E-state index contributed by atoms with van der Waals surface area (Å²) in [5.41, 5.74) is 1.01. The maximum absolute atomic E-state index is 12.2. The SMILES string of the molecule is C=C(CC)C(=O)OC(C)(CI)[C@]1(C)CC23CC1C[C@@H]2C3. The number of carbonyl (C=O) groups is 1. The first-order valence-corrected chi connectivity index (χ1v) is 9.30. The topological polar surface area (TPSA) is 26.3 Å². The minimum Gasteiger partial charge on any atom is -0.455 e. The molecular weight excluding hydrogens is 363 g/mol. The van der Waals surface area contributed by atoms with Crippen LogP contribution in [0.3, 0.4) is 0 Å². The fraction of sp³-hybridized carbons (Fsp3) is 0.824. The van der Waals surface area contributed by atoms with Gasteiger partial charge in [0, 0.05) is 15.4 Å². The molecule has 3 aliphatic rings. The van der Waals surface area contributed by atoms with Crippen LogP contribution in [0.2, 0.25) is 0 Å². The van der Waals surface area contributed by atoms with E-state index < -0.39 is 0 Å². The molecule has 0 aromatic rings. The second-order valence-electron chi connectivity index (χ2n) is 7.71. The van der Waals surface area contributed by atoms with Crippen LogP contribution in [0, 0.1) is 22.7 Å². The normalized spacial score (nSPS) is 43.8. The van der Waals surface area contributed by atoms with Crippen LogP contribution < -0.4 is 0 Å². The Hall–Kier alpha value is -0.0600. The molecule has 0 aromatic carbocycles. The number of halogens is 1. The van der Waals surface area contributed by atoms with Gasteiger partial charge in [0.2, 0.25) is 0 Å². The van der Waals surface area contributed by atoms with E-state index in [-0.39, 0.29) is 17.0 Å². The Morgan fingerprint density at radius 2 is 2.10 bits per heavy atom. The molecule has 112 valence electrons. The molecule has 0 aromatic heterocycles. The summed E-state index contributed by atoms with van der Waals surface area (Å²) in [6.45, 7) is 10.3. The summed E-state index contributed by atoms with van der Waals surface area (Å²) in [5, 5.41) is 0. The van der Waals surface area contributed by atoms with Crippen molar-refractivity contribution in [3.63, 3.8) is 0 Å². The van der Waals surface area contributed by atoms with E-state index in [0.29, 0.717) is 17.4 Å². The molecule has 0 saturated heterocycles. The molecule has 3 fully saturated rings. The third-order valence-corrected chi connectivity index (χ3v) is 8.15. The zero-order valence-electron chi connectivity index (χ0n) is 12.8. The van der Waals surface area contributed by atoms with Gasteiger partial charge in [-0.15, -0.1) is 0 Å². The lowest BCUT2D eigenvalue weighted by Gasteiger charge is -2.47. The van der Waals surface area contributed by atoms with E-state index >= 15 is 0 Å². The second kappa shape index (κ2) is 4.47. The first kappa shape index (κ1) is 14.9. The molecule has 0 N–H and O–H groups in total. The number of hydrogen-bond donors (Lipinski definition) is 0. The summed E-state index contributed by atoms with van der Waals surface area (Å²) in [4.78, 5) is 12.2. The van der Waals surface area contributed by atoms with E-state index in [1.54, 1.807) is 0 Å². The minimum atomic E-state index is -0.357. The van der Waals surface area contributed by atoms with Gasteiger partial charge in [-0.3, -0.25) is 0 Å². The van der Waals surface area contributed by atoms with Crippen molar-refractivity contribution in [2.24, 2.45) is 22.7 Å². The number of alkyl halides is 1. The van der Waals surface area contributed by atoms with Gasteiger partial charge in [0.15, 0.2) is 0 Å². The maximum Gasteiger partial charge on any atom is 0.333 e. The van der Waals surface area contributed by atoms with Gasteiger partial charge in [-0.1, -0.05) is 43.0 Å².